The lowest BCUT2D eigenvalue weighted by Gasteiger charge is -2.44. The van der Waals surface area contributed by atoms with E-state index < -0.39 is 11.7 Å². The van der Waals surface area contributed by atoms with Gasteiger partial charge in [0.1, 0.15) is 12.1 Å². The molecule has 0 aliphatic carbocycles. The molecule has 2 saturated heterocycles. The van der Waals surface area contributed by atoms with E-state index in [1.54, 1.807) is 4.90 Å². The SMILES string of the molecule is CC(C)(C)OC(=O)N1CC(=O)NC2CNCCC21. The summed E-state index contributed by atoms with van der Waals surface area (Å²) in [5.41, 5.74) is -0.534. The van der Waals surface area contributed by atoms with Crippen molar-refractivity contribution in [2.24, 2.45) is 0 Å². The van der Waals surface area contributed by atoms with Crippen LogP contribution in [0.1, 0.15) is 27.2 Å². The molecule has 102 valence electrons. The second kappa shape index (κ2) is 4.76. The van der Waals surface area contributed by atoms with Crippen LogP contribution in [0.2, 0.25) is 0 Å². The molecule has 0 radical (unpaired) electrons. The second-order valence-corrected chi connectivity index (χ2v) is 5.84. The minimum Gasteiger partial charge on any atom is -0.444 e. The quantitative estimate of drug-likeness (QED) is 0.643. The highest BCUT2D eigenvalue weighted by Crippen LogP contribution is 2.19. The first-order valence-corrected chi connectivity index (χ1v) is 6.36. The monoisotopic (exact) mass is 255 g/mol. The van der Waals surface area contributed by atoms with Crippen LogP contribution in [0.4, 0.5) is 4.79 Å². The summed E-state index contributed by atoms with van der Waals surface area (Å²) in [6.07, 6.45) is 0.443. The zero-order valence-electron chi connectivity index (χ0n) is 11.2. The lowest BCUT2D eigenvalue weighted by molar-refractivity contribution is -0.127. The van der Waals surface area contributed by atoms with Gasteiger partial charge in [0.05, 0.1) is 12.1 Å². The van der Waals surface area contributed by atoms with E-state index in [1.807, 2.05) is 20.8 Å². The van der Waals surface area contributed by atoms with Gasteiger partial charge in [-0.15, -0.1) is 0 Å². The topological polar surface area (TPSA) is 70.7 Å². The summed E-state index contributed by atoms with van der Waals surface area (Å²) >= 11 is 0. The van der Waals surface area contributed by atoms with Gasteiger partial charge in [0.2, 0.25) is 5.91 Å². The number of nitrogens with one attached hydrogen (secondary N) is 2. The molecule has 0 saturated carbocycles. The van der Waals surface area contributed by atoms with Gasteiger partial charge in [0.25, 0.3) is 0 Å². The first-order valence-electron chi connectivity index (χ1n) is 6.36. The Balaban J connectivity index is 2.09. The molecule has 6 heteroatoms. The molecule has 2 fully saturated rings. The standard InChI is InChI=1S/C12H21N3O3/c1-12(2,3)18-11(17)15-7-10(16)14-8-6-13-5-4-9(8)15/h8-9,13H,4-7H2,1-3H3,(H,14,16). The van der Waals surface area contributed by atoms with Crippen molar-refractivity contribution in [1.29, 1.82) is 0 Å². The van der Waals surface area contributed by atoms with Gasteiger partial charge in [-0.2, -0.15) is 0 Å². The van der Waals surface area contributed by atoms with Crippen molar-refractivity contribution in [3.63, 3.8) is 0 Å². The van der Waals surface area contributed by atoms with E-state index in [-0.39, 0.29) is 24.5 Å². The highest BCUT2D eigenvalue weighted by Gasteiger charge is 2.40. The van der Waals surface area contributed by atoms with Crippen LogP contribution in [0.25, 0.3) is 0 Å². The summed E-state index contributed by atoms with van der Waals surface area (Å²) in [4.78, 5) is 25.3. The average molecular weight is 255 g/mol. The third-order valence-electron chi connectivity index (χ3n) is 3.13. The number of hydrogen-bond acceptors (Lipinski definition) is 4. The third kappa shape index (κ3) is 2.93. The Morgan fingerprint density at radius 3 is 2.83 bits per heavy atom. The average Bonchev–Trinajstić information content (AvgIpc) is 2.25. The van der Waals surface area contributed by atoms with Gasteiger partial charge in [0.15, 0.2) is 0 Å². The third-order valence-corrected chi connectivity index (χ3v) is 3.13. The largest absolute Gasteiger partial charge is 0.444 e. The fourth-order valence-electron chi connectivity index (χ4n) is 2.41. The van der Waals surface area contributed by atoms with Crippen LogP contribution in [0.5, 0.6) is 0 Å². The zero-order valence-corrected chi connectivity index (χ0v) is 11.2. The molecule has 2 unspecified atom stereocenters. The predicted molar refractivity (Wildman–Crippen MR) is 66.1 cm³/mol. The fraction of sp³-hybridized carbons (Fsp3) is 0.833. The minimum absolute atomic E-state index is 0.00693. The Bertz CT molecular complexity index is 351. The van der Waals surface area contributed by atoms with Crippen molar-refractivity contribution in [2.45, 2.75) is 44.9 Å². The summed E-state index contributed by atoms with van der Waals surface area (Å²) < 4.78 is 5.36. The molecule has 2 amide bonds. The number of carbonyl (C=O) groups is 2. The molecular formula is C12H21N3O3. The Hall–Kier alpha value is -1.30. The number of piperazine rings is 1. The lowest BCUT2D eigenvalue weighted by Crippen LogP contribution is -2.67. The summed E-state index contributed by atoms with van der Waals surface area (Å²) in [5, 5.41) is 6.13. The van der Waals surface area contributed by atoms with Crippen molar-refractivity contribution in [1.82, 2.24) is 15.5 Å². The molecule has 2 N–H and O–H groups in total. The van der Waals surface area contributed by atoms with Crippen molar-refractivity contribution < 1.29 is 14.3 Å². The zero-order chi connectivity index (χ0) is 13.3. The van der Waals surface area contributed by atoms with Crippen LogP contribution in [0, 0.1) is 0 Å². The first kappa shape index (κ1) is 13.1. The number of ether oxygens (including phenoxy) is 1. The first-order chi connectivity index (χ1) is 8.37. The van der Waals surface area contributed by atoms with Crippen molar-refractivity contribution in [3.8, 4) is 0 Å². The van der Waals surface area contributed by atoms with Crippen LogP contribution >= 0.6 is 0 Å². The van der Waals surface area contributed by atoms with Gasteiger partial charge in [-0.1, -0.05) is 0 Å². The summed E-state index contributed by atoms with van der Waals surface area (Å²) in [6.45, 7) is 7.14. The van der Waals surface area contributed by atoms with Gasteiger partial charge in [-0.25, -0.2) is 4.79 Å². The molecule has 2 atom stereocenters. The maximum absolute atomic E-state index is 12.1. The smallest absolute Gasteiger partial charge is 0.411 e. The van der Waals surface area contributed by atoms with Crippen LogP contribution in [-0.4, -0.2) is 54.2 Å². The van der Waals surface area contributed by atoms with Gasteiger partial charge < -0.3 is 15.4 Å². The number of piperidine rings is 1. The van der Waals surface area contributed by atoms with Crippen LogP contribution in [0.3, 0.4) is 0 Å². The van der Waals surface area contributed by atoms with Gasteiger partial charge >= 0.3 is 6.09 Å². The molecule has 6 nitrogen and oxygen atoms in total. The highest BCUT2D eigenvalue weighted by atomic mass is 16.6. The fourth-order valence-corrected chi connectivity index (χ4v) is 2.41. The molecule has 2 rings (SSSR count). The van der Waals surface area contributed by atoms with Crippen LogP contribution in [-0.2, 0) is 9.53 Å². The Morgan fingerprint density at radius 2 is 2.17 bits per heavy atom. The number of hydrogen-bond donors (Lipinski definition) is 2. The van der Waals surface area contributed by atoms with E-state index in [0.717, 1.165) is 13.0 Å². The van der Waals surface area contributed by atoms with E-state index in [1.165, 1.54) is 0 Å². The number of amides is 2. The van der Waals surface area contributed by atoms with E-state index in [4.69, 9.17) is 4.74 Å². The molecule has 2 heterocycles. The highest BCUT2D eigenvalue weighted by molar-refractivity contribution is 5.84. The summed E-state index contributed by atoms with van der Waals surface area (Å²) in [6, 6.07) is 0.0336. The predicted octanol–water partition coefficient (Wildman–Crippen LogP) is 0.0838. The number of nitrogens with zero attached hydrogens (tertiary/aromatic N) is 1. The Labute approximate surface area is 107 Å². The Kier molecular flexibility index (Phi) is 3.47. The molecule has 18 heavy (non-hydrogen) atoms. The molecule has 0 spiro atoms. The molecular weight excluding hydrogens is 234 g/mol. The maximum atomic E-state index is 12.1. The summed E-state index contributed by atoms with van der Waals surface area (Å²) in [5.74, 6) is -0.120. The number of rotatable bonds is 0. The molecule has 0 bridgehead atoms. The molecule has 0 aromatic heterocycles. The summed E-state index contributed by atoms with van der Waals surface area (Å²) in [7, 11) is 0. The lowest BCUT2D eigenvalue weighted by atomic mass is 9.97. The molecule has 0 aromatic carbocycles. The number of carbonyl (C=O) groups excluding carboxylic acids is 2. The maximum Gasteiger partial charge on any atom is 0.411 e. The van der Waals surface area contributed by atoms with E-state index >= 15 is 0 Å². The van der Waals surface area contributed by atoms with Crippen LogP contribution < -0.4 is 10.6 Å². The van der Waals surface area contributed by atoms with Gasteiger partial charge in [-0.3, -0.25) is 9.69 Å². The normalized spacial score (nSPS) is 28.4. The van der Waals surface area contributed by atoms with Crippen molar-refractivity contribution in [3.05, 3.63) is 0 Å². The van der Waals surface area contributed by atoms with Gasteiger partial charge in [0, 0.05) is 6.54 Å². The van der Waals surface area contributed by atoms with E-state index in [2.05, 4.69) is 10.6 Å². The van der Waals surface area contributed by atoms with Gasteiger partial charge in [-0.05, 0) is 33.7 Å². The Morgan fingerprint density at radius 1 is 1.44 bits per heavy atom. The minimum atomic E-state index is -0.534. The molecule has 2 aliphatic heterocycles. The second-order valence-electron chi connectivity index (χ2n) is 5.84. The number of fused-ring (bicyclic) bond motifs is 1. The molecule has 2 aliphatic rings. The van der Waals surface area contributed by atoms with E-state index in [9.17, 15) is 9.59 Å². The molecule has 0 aromatic rings. The van der Waals surface area contributed by atoms with Crippen LogP contribution in [0.15, 0.2) is 0 Å². The van der Waals surface area contributed by atoms with Crippen molar-refractivity contribution in [2.75, 3.05) is 19.6 Å². The van der Waals surface area contributed by atoms with Crippen molar-refractivity contribution >= 4 is 12.0 Å². The van der Waals surface area contributed by atoms with E-state index in [0.29, 0.717) is 6.54 Å².